The molecule has 11 nitrogen and oxygen atoms in total. The van der Waals surface area contributed by atoms with E-state index in [9.17, 15) is 41.4 Å². The molecule has 0 aliphatic heterocycles. The summed E-state index contributed by atoms with van der Waals surface area (Å²) < 4.78 is 70.8. The van der Waals surface area contributed by atoms with E-state index in [1.165, 1.54) is 24.3 Å². The lowest BCUT2D eigenvalue weighted by atomic mass is 10.0. The second-order valence-electron chi connectivity index (χ2n) is 8.72. The van der Waals surface area contributed by atoms with Crippen molar-refractivity contribution in [1.82, 2.24) is 10.3 Å². The second-order valence-corrected chi connectivity index (χ2v) is 10.5. The number of aromatic nitrogens is 1. The number of fused-ring (bicyclic) bond motifs is 1. The highest BCUT2D eigenvalue weighted by molar-refractivity contribution is 7.92. The number of nitrogens with one attached hydrogen (secondary N) is 3. The van der Waals surface area contributed by atoms with Crippen LogP contribution in [0.5, 0.6) is 11.5 Å². The van der Waals surface area contributed by atoms with Crippen LogP contribution >= 0.6 is 0 Å². The molecule has 0 radical (unpaired) electrons. The lowest BCUT2D eigenvalue weighted by Crippen LogP contribution is -2.32. The fourth-order valence-corrected chi connectivity index (χ4v) is 4.24. The van der Waals surface area contributed by atoms with Crippen molar-refractivity contribution in [2.45, 2.75) is 31.7 Å². The maximum atomic E-state index is 12.2. The quantitative estimate of drug-likeness (QED) is 0.132. The smallest absolute Gasteiger partial charge is 0.491 e. The first-order chi connectivity index (χ1) is 18.1. The van der Waals surface area contributed by atoms with E-state index in [0.717, 1.165) is 17.2 Å². The number of aliphatic hydroxyl groups is 1. The molecule has 0 saturated heterocycles. The minimum atomic E-state index is -5.30. The van der Waals surface area contributed by atoms with Crippen molar-refractivity contribution in [2.75, 3.05) is 24.1 Å². The Bertz CT molecular complexity index is 1460. The summed E-state index contributed by atoms with van der Waals surface area (Å²) >= 11 is 0. The average Bonchev–Trinajstić information content (AvgIpc) is 3.24. The van der Waals surface area contributed by atoms with E-state index >= 15 is 0 Å². The van der Waals surface area contributed by atoms with Crippen LogP contribution in [-0.4, -0.2) is 67.2 Å². The molecule has 0 aliphatic carbocycles. The summed E-state index contributed by atoms with van der Waals surface area (Å²) in [7, 11) is -3.63. The second kappa shape index (κ2) is 11.9. The van der Waals surface area contributed by atoms with Gasteiger partial charge < -0.3 is 30.0 Å². The number of carbonyl (C=O) groups is 2. The van der Waals surface area contributed by atoms with E-state index in [0.29, 0.717) is 17.5 Å². The van der Waals surface area contributed by atoms with Crippen LogP contribution in [-0.2, 0) is 30.8 Å². The maximum absolute atomic E-state index is 12.2. The van der Waals surface area contributed by atoms with Crippen molar-refractivity contribution in [3.05, 3.63) is 53.7 Å². The van der Waals surface area contributed by atoms with Gasteiger partial charge in [0.1, 0.15) is 11.5 Å². The van der Waals surface area contributed by atoms with Crippen molar-refractivity contribution in [3.8, 4) is 11.5 Å². The number of esters is 2. The highest BCUT2D eigenvalue weighted by Gasteiger charge is 2.42. The zero-order chi connectivity index (χ0) is 29.0. The van der Waals surface area contributed by atoms with E-state index in [-0.39, 0.29) is 29.8 Å². The number of benzene rings is 2. The van der Waals surface area contributed by atoms with Gasteiger partial charge in [-0.3, -0.25) is 4.72 Å². The number of ether oxygens (including phenoxy) is 2. The van der Waals surface area contributed by atoms with Crippen LogP contribution in [0.15, 0.2) is 42.6 Å². The predicted molar refractivity (Wildman–Crippen MR) is 134 cm³/mol. The van der Waals surface area contributed by atoms with E-state index in [4.69, 9.17) is 4.74 Å². The third kappa shape index (κ3) is 8.33. The molecule has 0 amide bonds. The summed E-state index contributed by atoms with van der Waals surface area (Å²) in [5.41, 5.74) is 1.64. The number of halogens is 3. The van der Waals surface area contributed by atoms with Gasteiger partial charge in [-0.1, -0.05) is 18.2 Å². The molecule has 0 bridgehead atoms. The molecule has 0 unspecified atom stereocenters. The van der Waals surface area contributed by atoms with Crippen LogP contribution in [0.3, 0.4) is 0 Å². The first kappa shape index (κ1) is 29.7. The SMILES string of the molecule is C[C@H](Cc1c[nH]c2c(OCC(=O)OC(=O)C(F)(F)F)cccc12)NC[C@H](O)c1ccc(O)c(NS(C)(=O)=O)c1. The Labute approximate surface area is 221 Å². The van der Waals surface area contributed by atoms with Gasteiger partial charge in [0.25, 0.3) is 0 Å². The molecule has 2 atom stereocenters. The lowest BCUT2D eigenvalue weighted by Gasteiger charge is -2.18. The van der Waals surface area contributed by atoms with Gasteiger partial charge in [0.05, 0.1) is 23.6 Å². The van der Waals surface area contributed by atoms with Crippen LogP contribution in [0.2, 0.25) is 0 Å². The third-order valence-corrected chi connectivity index (χ3v) is 6.02. The molecule has 3 rings (SSSR count). The number of para-hydroxylation sites is 1. The number of aliphatic hydroxyl groups excluding tert-OH is 1. The van der Waals surface area contributed by atoms with Crippen LogP contribution in [0.25, 0.3) is 10.9 Å². The zero-order valence-electron chi connectivity index (χ0n) is 20.7. The molecule has 5 N–H and O–H groups in total. The normalized spacial score (nSPS) is 13.6. The number of alkyl halides is 3. The zero-order valence-corrected chi connectivity index (χ0v) is 21.5. The van der Waals surface area contributed by atoms with Gasteiger partial charge in [0, 0.05) is 24.2 Å². The van der Waals surface area contributed by atoms with E-state index < -0.39 is 40.8 Å². The highest BCUT2D eigenvalue weighted by atomic mass is 32.2. The molecule has 0 fully saturated rings. The number of phenolic OH excluding ortho intramolecular Hbond substituents is 1. The van der Waals surface area contributed by atoms with Crippen molar-refractivity contribution in [1.29, 1.82) is 0 Å². The molecule has 1 heterocycles. The largest absolute Gasteiger partial charge is 0.506 e. The number of hydrogen-bond donors (Lipinski definition) is 5. The molecular formula is C24H26F3N3O8S. The predicted octanol–water partition coefficient (Wildman–Crippen LogP) is 2.51. The number of anilines is 1. The van der Waals surface area contributed by atoms with E-state index in [2.05, 4.69) is 19.8 Å². The molecule has 15 heteroatoms. The van der Waals surface area contributed by atoms with Crippen molar-refractivity contribution in [3.63, 3.8) is 0 Å². The topological polar surface area (TPSA) is 167 Å². The molecule has 3 aromatic rings. The van der Waals surface area contributed by atoms with Crippen LogP contribution < -0.4 is 14.8 Å². The number of carbonyl (C=O) groups excluding carboxylic acids is 2. The Morgan fingerprint density at radius 1 is 1.18 bits per heavy atom. The average molecular weight is 574 g/mol. The first-order valence-electron chi connectivity index (χ1n) is 11.4. The maximum Gasteiger partial charge on any atom is 0.491 e. The van der Waals surface area contributed by atoms with Gasteiger partial charge in [0.15, 0.2) is 6.61 Å². The Kier molecular flexibility index (Phi) is 9.09. The van der Waals surface area contributed by atoms with Crippen LogP contribution in [0.4, 0.5) is 18.9 Å². The molecule has 0 saturated carbocycles. The number of phenols is 1. The molecule has 0 aliphatic rings. The highest BCUT2D eigenvalue weighted by Crippen LogP contribution is 2.29. The minimum Gasteiger partial charge on any atom is -0.506 e. The third-order valence-electron chi connectivity index (χ3n) is 5.43. The van der Waals surface area contributed by atoms with Crippen LogP contribution in [0, 0.1) is 0 Å². The molecule has 0 spiro atoms. The number of sulfonamides is 1. The summed E-state index contributed by atoms with van der Waals surface area (Å²) in [6, 6.07) is 8.81. The molecule has 1 aromatic heterocycles. The number of H-pyrrole nitrogens is 1. The van der Waals surface area contributed by atoms with Gasteiger partial charge in [-0.15, -0.1) is 0 Å². The fraction of sp³-hybridized carbons (Fsp3) is 0.333. The Morgan fingerprint density at radius 2 is 1.90 bits per heavy atom. The van der Waals surface area contributed by atoms with E-state index in [1.807, 2.05) is 6.92 Å². The van der Waals surface area contributed by atoms with E-state index in [1.54, 1.807) is 18.3 Å². The van der Waals surface area contributed by atoms with Gasteiger partial charge in [0.2, 0.25) is 10.0 Å². The monoisotopic (exact) mass is 573 g/mol. The minimum absolute atomic E-state index is 0.0564. The Balaban J connectivity index is 1.60. The Morgan fingerprint density at radius 3 is 2.56 bits per heavy atom. The summed E-state index contributed by atoms with van der Waals surface area (Å²) in [5.74, 6) is -4.24. The first-order valence-corrected chi connectivity index (χ1v) is 13.3. The number of rotatable bonds is 11. The number of hydrogen-bond acceptors (Lipinski definition) is 9. The molecule has 2 aromatic carbocycles. The van der Waals surface area contributed by atoms with Crippen molar-refractivity contribution < 1.29 is 50.9 Å². The molecule has 39 heavy (non-hydrogen) atoms. The van der Waals surface area contributed by atoms with Crippen molar-refractivity contribution >= 4 is 38.6 Å². The summed E-state index contributed by atoms with van der Waals surface area (Å²) in [4.78, 5) is 25.3. The summed E-state index contributed by atoms with van der Waals surface area (Å²) in [6.45, 7) is 1.07. The summed E-state index contributed by atoms with van der Waals surface area (Å²) in [6.07, 6.45) is -3.20. The number of aromatic amines is 1. The molecular weight excluding hydrogens is 547 g/mol. The molecule has 212 valence electrons. The van der Waals surface area contributed by atoms with Gasteiger partial charge in [-0.2, -0.15) is 13.2 Å². The van der Waals surface area contributed by atoms with Crippen LogP contribution in [0.1, 0.15) is 24.2 Å². The van der Waals surface area contributed by atoms with Crippen molar-refractivity contribution in [2.24, 2.45) is 0 Å². The van der Waals surface area contributed by atoms with Gasteiger partial charge in [-0.25, -0.2) is 18.0 Å². The fourth-order valence-electron chi connectivity index (χ4n) is 3.68. The standard InChI is InChI=1S/C24H26F3N3O8S/c1-13(28-11-19(32)14-6-7-18(31)17(9-14)30-39(2,35)36)8-15-10-29-22-16(15)4-3-5-20(22)37-12-21(33)38-23(34)24(25,26)27/h3-7,9-10,13,19,28-32H,8,11-12H2,1-2H3/t13-,19+/m1/s1. The number of aromatic hydroxyl groups is 1. The Hall–Kier alpha value is -3.82. The van der Waals surface area contributed by atoms with Gasteiger partial charge >= 0.3 is 18.1 Å². The summed E-state index contributed by atoms with van der Waals surface area (Å²) in [5, 5.41) is 24.3. The van der Waals surface area contributed by atoms with Gasteiger partial charge in [-0.05, 0) is 42.7 Å². The lowest BCUT2D eigenvalue weighted by molar-refractivity contribution is -0.202.